The third kappa shape index (κ3) is 6.18. The number of hydrogen-bond acceptors (Lipinski definition) is 5. The third-order valence-corrected chi connectivity index (χ3v) is 3.63. The summed E-state index contributed by atoms with van der Waals surface area (Å²) in [7, 11) is 1.55. The van der Waals surface area contributed by atoms with E-state index in [9.17, 15) is 9.59 Å². The van der Waals surface area contributed by atoms with Gasteiger partial charge < -0.3 is 19.5 Å². The quantitative estimate of drug-likeness (QED) is 0.568. The summed E-state index contributed by atoms with van der Waals surface area (Å²) in [5.41, 5.74) is 1.33. The molecule has 0 fully saturated rings. The maximum Gasteiger partial charge on any atom is 0.331 e. The highest BCUT2D eigenvalue weighted by Crippen LogP contribution is 2.19. The molecule has 27 heavy (non-hydrogen) atoms. The Morgan fingerprint density at radius 2 is 1.81 bits per heavy atom. The number of carbonyl (C=O) groups is 2. The summed E-state index contributed by atoms with van der Waals surface area (Å²) in [5.74, 6) is 0.327. The second kappa shape index (κ2) is 10.0. The van der Waals surface area contributed by atoms with Crippen molar-refractivity contribution in [3.63, 3.8) is 0 Å². The molecule has 2 rings (SSSR count). The number of nitrogens with one attached hydrogen (secondary N) is 1. The van der Waals surface area contributed by atoms with Crippen LogP contribution in [0, 0.1) is 0 Å². The van der Waals surface area contributed by atoms with Gasteiger partial charge in [-0.3, -0.25) is 4.79 Å². The fraction of sp³-hybridized carbons (Fsp3) is 0.238. The summed E-state index contributed by atoms with van der Waals surface area (Å²) in [6.45, 7) is 3.98. The molecule has 0 heterocycles. The van der Waals surface area contributed by atoms with Crippen LogP contribution >= 0.6 is 0 Å². The molecule has 0 aliphatic heterocycles. The van der Waals surface area contributed by atoms with E-state index in [1.807, 2.05) is 25.1 Å². The summed E-state index contributed by atoms with van der Waals surface area (Å²) in [6, 6.07) is 14.2. The molecule has 6 heteroatoms. The molecule has 1 atom stereocenters. The first kappa shape index (κ1) is 20.0. The van der Waals surface area contributed by atoms with Crippen LogP contribution in [0.15, 0.2) is 54.6 Å². The Kier molecular flexibility index (Phi) is 7.43. The van der Waals surface area contributed by atoms with E-state index in [1.54, 1.807) is 43.5 Å². The van der Waals surface area contributed by atoms with E-state index in [0.29, 0.717) is 18.0 Å². The van der Waals surface area contributed by atoms with Gasteiger partial charge in [0.15, 0.2) is 6.10 Å². The van der Waals surface area contributed by atoms with Crippen molar-refractivity contribution in [2.24, 2.45) is 0 Å². The molecule has 0 radical (unpaired) electrons. The van der Waals surface area contributed by atoms with E-state index in [0.717, 1.165) is 11.3 Å². The molecule has 0 bridgehead atoms. The zero-order chi connectivity index (χ0) is 19.6. The molecule has 2 aromatic rings. The maximum absolute atomic E-state index is 12.2. The average Bonchev–Trinajstić information content (AvgIpc) is 2.68. The summed E-state index contributed by atoms with van der Waals surface area (Å²) >= 11 is 0. The summed E-state index contributed by atoms with van der Waals surface area (Å²) < 4.78 is 15.7. The Hall–Kier alpha value is -3.28. The van der Waals surface area contributed by atoms with Crippen LogP contribution in [0.4, 0.5) is 5.69 Å². The lowest BCUT2D eigenvalue weighted by molar-refractivity contribution is -0.148. The van der Waals surface area contributed by atoms with Gasteiger partial charge in [-0.15, -0.1) is 0 Å². The van der Waals surface area contributed by atoms with Gasteiger partial charge in [-0.05, 0) is 50.3 Å². The number of ether oxygens (including phenoxy) is 3. The Morgan fingerprint density at radius 1 is 1.11 bits per heavy atom. The van der Waals surface area contributed by atoms with Crippen LogP contribution in [-0.2, 0) is 14.3 Å². The van der Waals surface area contributed by atoms with Crippen molar-refractivity contribution < 1.29 is 23.8 Å². The Labute approximate surface area is 158 Å². The molecular weight excluding hydrogens is 346 g/mol. The Morgan fingerprint density at radius 3 is 2.48 bits per heavy atom. The van der Waals surface area contributed by atoms with E-state index in [-0.39, 0.29) is 0 Å². The summed E-state index contributed by atoms with van der Waals surface area (Å²) in [4.78, 5) is 24.1. The van der Waals surface area contributed by atoms with E-state index in [2.05, 4.69) is 5.32 Å². The highest BCUT2D eigenvalue weighted by Gasteiger charge is 2.16. The summed E-state index contributed by atoms with van der Waals surface area (Å²) in [6.07, 6.45) is 1.91. The Bertz CT molecular complexity index is 798. The molecule has 6 nitrogen and oxygen atoms in total. The van der Waals surface area contributed by atoms with Crippen LogP contribution in [0.25, 0.3) is 6.08 Å². The van der Waals surface area contributed by atoms with Gasteiger partial charge in [0.25, 0.3) is 5.91 Å². The van der Waals surface area contributed by atoms with Crippen molar-refractivity contribution in [1.29, 1.82) is 0 Å². The number of anilines is 1. The summed E-state index contributed by atoms with van der Waals surface area (Å²) in [5, 5.41) is 2.69. The van der Waals surface area contributed by atoms with Crippen molar-refractivity contribution in [2.45, 2.75) is 20.0 Å². The molecule has 0 spiro atoms. The lowest BCUT2D eigenvalue weighted by Gasteiger charge is -2.13. The molecular formula is C21H23NO5. The normalized spacial score (nSPS) is 11.7. The number of esters is 1. The van der Waals surface area contributed by atoms with Gasteiger partial charge in [0.05, 0.1) is 13.7 Å². The molecule has 142 valence electrons. The first-order chi connectivity index (χ1) is 13.0. The average molecular weight is 369 g/mol. The molecule has 0 saturated heterocycles. The molecule has 0 aliphatic rings. The molecule has 0 aliphatic carbocycles. The van der Waals surface area contributed by atoms with Crippen LogP contribution in [0.5, 0.6) is 11.5 Å². The van der Waals surface area contributed by atoms with Crippen LogP contribution in [0.1, 0.15) is 19.4 Å². The maximum atomic E-state index is 12.2. The van der Waals surface area contributed by atoms with Crippen LogP contribution in [0.3, 0.4) is 0 Å². The molecule has 0 unspecified atom stereocenters. The Balaban J connectivity index is 1.89. The lowest BCUT2D eigenvalue weighted by Crippen LogP contribution is -2.29. The minimum Gasteiger partial charge on any atom is -0.496 e. The van der Waals surface area contributed by atoms with Crippen LogP contribution in [-0.4, -0.2) is 31.7 Å². The van der Waals surface area contributed by atoms with E-state index in [1.165, 1.54) is 13.0 Å². The number of amides is 1. The van der Waals surface area contributed by atoms with Gasteiger partial charge in [0, 0.05) is 17.3 Å². The molecule has 1 N–H and O–H groups in total. The van der Waals surface area contributed by atoms with Gasteiger partial charge in [0.1, 0.15) is 11.5 Å². The van der Waals surface area contributed by atoms with Crippen LogP contribution in [0.2, 0.25) is 0 Å². The second-order valence-corrected chi connectivity index (χ2v) is 5.60. The van der Waals surface area contributed by atoms with Gasteiger partial charge in [0.2, 0.25) is 0 Å². The van der Waals surface area contributed by atoms with Gasteiger partial charge in [-0.25, -0.2) is 4.79 Å². The van der Waals surface area contributed by atoms with Crippen molar-refractivity contribution in [3.05, 3.63) is 60.2 Å². The smallest absolute Gasteiger partial charge is 0.331 e. The minimum absolute atomic E-state index is 0.418. The van der Waals surface area contributed by atoms with E-state index < -0.39 is 18.0 Å². The number of para-hydroxylation sites is 1. The molecule has 0 aromatic heterocycles. The largest absolute Gasteiger partial charge is 0.496 e. The monoisotopic (exact) mass is 369 g/mol. The SMILES string of the molecule is CCOc1ccc(NC(=O)[C@@H](C)OC(=O)/C=C/c2ccccc2OC)cc1. The van der Waals surface area contributed by atoms with Crippen molar-refractivity contribution in [2.75, 3.05) is 19.0 Å². The number of carbonyl (C=O) groups excluding carboxylic acids is 2. The highest BCUT2D eigenvalue weighted by molar-refractivity contribution is 5.96. The molecule has 0 saturated carbocycles. The van der Waals surface area contributed by atoms with Gasteiger partial charge in [-0.2, -0.15) is 0 Å². The lowest BCUT2D eigenvalue weighted by atomic mass is 10.2. The first-order valence-corrected chi connectivity index (χ1v) is 8.59. The third-order valence-electron chi connectivity index (χ3n) is 3.63. The van der Waals surface area contributed by atoms with E-state index >= 15 is 0 Å². The minimum atomic E-state index is -0.939. The fourth-order valence-electron chi connectivity index (χ4n) is 2.27. The number of hydrogen-bond donors (Lipinski definition) is 1. The van der Waals surface area contributed by atoms with Crippen molar-refractivity contribution >= 4 is 23.6 Å². The standard InChI is InChI=1S/C21H23NO5/c1-4-26-18-12-10-17(11-13-18)22-21(24)15(2)27-20(23)14-9-16-7-5-6-8-19(16)25-3/h5-15H,4H2,1-3H3,(H,22,24)/b14-9+/t15-/m1/s1. The number of methoxy groups -OCH3 is 1. The predicted molar refractivity (Wildman–Crippen MR) is 104 cm³/mol. The zero-order valence-corrected chi connectivity index (χ0v) is 15.6. The van der Waals surface area contributed by atoms with Gasteiger partial charge >= 0.3 is 5.97 Å². The second-order valence-electron chi connectivity index (χ2n) is 5.60. The molecule has 1 amide bonds. The van der Waals surface area contributed by atoms with Crippen LogP contribution < -0.4 is 14.8 Å². The fourth-order valence-corrected chi connectivity index (χ4v) is 2.27. The highest BCUT2D eigenvalue weighted by atomic mass is 16.5. The van der Waals surface area contributed by atoms with E-state index in [4.69, 9.17) is 14.2 Å². The van der Waals surface area contributed by atoms with Crippen molar-refractivity contribution in [3.8, 4) is 11.5 Å². The van der Waals surface area contributed by atoms with Gasteiger partial charge in [-0.1, -0.05) is 18.2 Å². The first-order valence-electron chi connectivity index (χ1n) is 8.59. The van der Waals surface area contributed by atoms with Crippen molar-refractivity contribution in [1.82, 2.24) is 0 Å². The number of benzene rings is 2. The zero-order valence-electron chi connectivity index (χ0n) is 15.6. The molecule has 2 aromatic carbocycles. The topological polar surface area (TPSA) is 73.9 Å². The predicted octanol–water partition coefficient (Wildman–Crippen LogP) is 3.68. The number of rotatable bonds is 8.